The summed E-state index contributed by atoms with van der Waals surface area (Å²) in [4.78, 5) is 24.8. The highest BCUT2D eigenvalue weighted by molar-refractivity contribution is 5.86. The molecule has 1 saturated carbocycles. The Morgan fingerprint density at radius 1 is 1.44 bits per heavy atom. The monoisotopic (exact) mass is 256 g/mol. The second-order valence-corrected chi connectivity index (χ2v) is 5.82. The molecule has 0 bridgehead atoms. The van der Waals surface area contributed by atoms with Gasteiger partial charge in [-0.15, -0.1) is 0 Å². The summed E-state index contributed by atoms with van der Waals surface area (Å²) in [5, 5.41) is 11.9. The average molecular weight is 256 g/mol. The summed E-state index contributed by atoms with van der Waals surface area (Å²) in [5.74, 6) is -0.359. The first-order valence-corrected chi connectivity index (χ1v) is 6.54. The molecule has 0 aromatic heterocycles. The minimum atomic E-state index is -1.12. The summed E-state index contributed by atoms with van der Waals surface area (Å²) in [6, 6.07) is -0.299. The summed E-state index contributed by atoms with van der Waals surface area (Å²) in [6.07, 6.45) is 2.66. The van der Waals surface area contributed by atoms with Crippen LogP contribution in [0.5, 0.6) is 0 Å². The molecule has 0 radical (unpaired) electrons. The van der Waals surface area contributed by atoms with Gasteiger partial charge in [-0.25, -0.2) is 9.59 Å². The second-order valence-electron chi connectivity index (χ2n) is 5.82. The van der Waals surface area contributed by atoms with Crippen LogP contribution >= 0.6 is 0 Å². The van der Waals surface area contributed by atoms with Crippen LogP contribution in [-0.2, 0) is 4.79 Å². The fourth-order valence-electron chi connectivity index (χ4n) is 1.86. The van der Waals surface area contributed by atoms with E-state index < -0.39 is 11.5 Å². The van der Waals surface area contributed by atoms with Crippen LogP contribution in [0.3, 0.4) is 0 Å². The molecule has 0 aromatic rings. The molecule has 1 rings (SSSR count). The molecular formula is C13H24N2O3. The van der Waals surface area contributed by atoms with E-state index in [2.05, 4.69) is 19.2 Å². The first kappa shape index (κ1) is 14.8. The van der Waals surface area contributed by atoms with Crippen molar-refractivity contribution in [1.82, 2.24) is 10.2 Å². The molecular weight excluding hydrogens is 232 g/mol. The summed E-state index contributed by atoms with van der Waals surface area (Å²) in [6.45, 7) is 6.43. The number of carboxylic acids is 1. The molecule has 0 spiro atoms. The predicted octanol–water partition coefficient (Wildman–Crippen LogP) is 1.93. The second kappa shape index (κ2) is 5.59. The molecule has 0 aliphatic heterocycles. The van der Waals surface area contributed by atoms with Gasteiger partial charge in [0.15, 0.2) is 0 Å². The highest BCUT2D eigenvalue weighted by Gasteiger charge is 2.48. The van der Waals surface area contributed by atoms with Crippen molar-refractivity contribution in [3.63, 3.8) is 0 Å². The minimum absolute atomic E-state index is 0.0671. The Labute approximate surface area is 109 Å². The Hall–Kier alpha value is -1.26. The van der Waals surface area contributed by atoms with E-state index in [0.717, 1.165) is 19.3 Å². The smallest absolute Gasteiger partial charge is 0.329 e. The molecule has 104 valence electrons. The maximum absolute atomic E-state index is 12.0. The van der Waals surface area contributed by atoms with E-state index >= 15 is 0 Å². The fourth-order valence-corrected chi connectivity index (χ4v) is 1.86. The lowest BCUT2D eigenvalue weighted by Crippen LogP contribution is -2.57. The van der Waals surface area contributed by atoms with Crippen molar-refractivity contribution in [3.05, 3.63) is 0 Å². The number of amides is 2. The molecule has 2 N–H and O–H groups in total. The highest BCUT2D eigenvalue weighted by atomic mass is 16.4. The Balaban J connectivity index is 2.53. The summed E-state index contributed by atoms with van der Waals surface area (Å²) < 4.78 is 0. The Bertz CT molecular complexity index is 326. The number of nitrogens with zero attached hydrogens (tertiary/aromatic N) is 1. The number of carboxylic acid groups (broad SMARTS) is 1. The SMILES string of the molecule is CC(C)CCN(C)C(=O)NC(C)(C(=O)O)C1CC1. The molecule has 0 saturated heterocycles. The van der Waals surface area contributed by atoms with Gasteiger partial charge in [0.2, 0.25) is 0 Å². The third kappa shape index (κ3) is 3.62. The van der Waals surface area contributed by atoms with Crippen LogP contribution in [0.1, 0.15) is 40.0 Å². The number of carbonyl (C=O) groups excluding carboxylic acids is 1. The van der Waals surface area contributed by atoms with Crippen LogP contribution in [0.15, 0.2) is 0 Å². The van der Waals surface area contributed by atoms with Crippen LogP contribution in [0, 0.1) is 11.8 Å². The van der Waals surface area contributed by atoms with E-state index in [4.69, 9.17) is 0 Å². The number of aliphatic carboxylic acids is 1. The van der Waals surface area contributed by atoms with Gasteiger partial charge in [0.05, 0.1) is 0 Å². The van der Waals surface area contributed by atoms with E-state index in [-0.39, 0.29) is 11.9 Å². The number of nitrogens with one attached hydrogen (secondary N) is 1. The van der Waals surface area contributed by atoms with Crippen LogP contribution in [0.2, 0.25) is 0 Å². The third-order valence-electron chi connectivity index (χ3n) is 3.59. The summed E-state index contributed by atoms with van der Waals surface area (Å²) in [5.41, 5.74) is -1.12. The minimum Gasteiger partial charge on any atom is -0.480 e. The lowest BCUT2D eigenvalue weighted by molar-refractivity contribution is -0.144. The first-order chi connectivity index (χ1) is 8.27. The average Bonchev–Trinajstić information content (AvgIpc) is 3.08. The fraction of sp³-hybridized carbons (Fsp3) is 0.846. The molecule has 2 amide bonds. The van der Waals surface area contributed by atoms with Gasteiger partial charge in [0.25, 0.3) is 0 Å². The molecule has 0 heterocycles. The molecule has 1 aliphatic carbocycles. The Morgan fingerprint density at radius 2 is 2.00 bits per heavy atom. The number of hydrogen-bond acceptors (Lipinski definition) is 2. The van der Waals surface area contributed by atoms with Gasteiger partial charge in [-0.3, -0.25) is 0 Å². The van der Waals surface area contributed by atoms with Crippen LogP contribution in [0.4, 0.5) is 4.79 Å². The number of hydrogen-bond donors (Lipinski definition) is 2. The number of rotatable bonds is 6. The molecule has 1 aliphatic rings. The maximum Gasteiger partial charge on any atom is 0.329 e. The zero-order valence-corrected chi connectivity index (χ0v) is 11.7. The van der Waals surface area contributed by atoms with E-state index in [1.54, 1.807) is 18.9 Å². The molecule has 5 heteroatoms. The van der Waals surface area contributed by atoms with Gasteiger partial charge in [-0.1, -0.05) is 13.8 Å². The van der Waals surface area contributed by atoms with Crippen LogP contribution in [-0.4, -0.2) is 41.1 Å². The Kier molecular flexibility index (Phi) is 4.59. The summed E-state index contributed by atoms with van der Waals surface area (Å²) >= 11 is 0. The third-order valence-corrected chi connectivity index (χ3v) is 3.59. The van der Waals surface area contributed by atoms with Gasteiger partial charge in [-0.05, 0) is 38.0 Å². The van der Waals surface area contributed by atoms with Crippen LogP contribution < -0.4 is 5.32 Å². The molecule has 1 fully saturated rings. The van der Waals surface area contributed by atoms with Gasteiger partial charge < -0.3 is 15.3 Å². The van der Waals surface area contributed by atoms with E-state index in [0.29, 0.717) is 12.5 Å². The van der Waals surface area contributed by atoms with Crippen molar-refractivity contribution < 1.29 is 14.7 Å². The Morgan fingerprint density at radius 3 is 2.39 bits per heavy atom. The number of urea groups is 1. The van der Waals surface area contributed by atoms with Crippen molar-refractivity contribution in [2.75, 3.05) is 13.6 Å². The largest absolute Gasteiger partial charge is 0.480 e. The van der Waals surface area contributed by atoms with Crippen molar-refractivity contribution >= 4 is 12.0 Å². The maximum atomic E-state index is 12.0. The highest BCUT2D eigenvalue weighted by Crippen LogP contribution is 2.39. The van der Waals surface area contributed by atoms with Crippen molar-refractivity contribution in [1.29, 1.82) is 0 Å². The zero-order valence-electron chi connectivity index (χ0n) is 11.7. The molecule has 5 nitrogen and oxygen atoms in total. The van der Waals surface area contributed by atoms with Crippen molar-refractivity contribution in [2.24, 2.45) is 11.8 Å². The molecule has 18 heavy (non-hydrogen) atoms. The number of carbonyl (C=O) groups is 2. The van der Waals surface area contributed by atoms with Gasteiger partial charge in [0.1, 0.15) is 5.54 Å². The topological polar surface area (TPSA) is 69.6 Å². The predicted molar refractivity (Wildman–Crippen MR) is 69.4 cm³/mol. The van der Waals surface area contributed by atoms with E-state index in [1.807, 2.05) is 0 Å². The quantitative estimate of drug-likeness (QED) is 0.763. The van der Waals surface area contributed by atoms with Crippen molar-refractivity contribution in [3.8, 4) is 0 Å². The molecule has 0 aromatic carbocycles. The zero-order chi connectivity index (χ0) is 13.9. The van der Waals surface area contributed by atoms with E-state index in [1.165, 1.54) is 0 Å². The van der Waals surface area contributed by atoms with Crippen LogP contribution in [0.25, 0.3) is 0 Å². The normalized spacial score (nSPS) is 18.3. The van der Waals surface area contributed by atoms with E-state index in [9.17, 15) is 14.7 Å². The standard InChI is InChI=1S/C13H24N2O3/c1-9(2)7-8-15(4)12(18)14-13(3,11(16)17)10-5-6-10/h9-10H,5-8H2,1-4H3,(H,14,18)(H,16,17). The van der Waals surface area contributed by atoms with Gasteiger partial charge >= 0.3 is 12.0 Å². The van der Waals surface area contributed by atoms with Crippen molar-refractivity contribution in [2.45, 2.75) is 45.6 Å². The molecule has 1 unspecified atom stereocenters. The lowest BCUT2D eigenvalue weighted by Gasteiger charge is -2.29. The first-order valence-electron chi connectivity index (χ1n) is 6.54. The lowest BCUT2D eigenvalue weighted by atomic mass is 9.96. The van der Waals surface area contributed by atoms with Gasteiger partial charge in [-0.2, -0.15) is 0 Å². The molecule has 1 atom stereocenters. The van der Waals surface area contributed by atoms with Gasteiger partial charge in [0, 0.05) is 13.6 Å². The summed E-state index contributed by atoms with van der Waals surface area (Å²) in [7, 11) is 1.70.